The van der Waals surface area contributed by atoms with Crippen LogP contribution in [0.5, 0.6) is 0 Å². The fourth-order valence-electron chi connectivity index (χ4n) is 5.34. The minimum Gasteiger partial charge on any atom is -0.395 e. The zero-order chi connectivity index (χ0) is 32.1. The molecule has 262 valence electrons. The average Bonchev–Trinajstić information content (AvgIpc) is 2.97. The molecule has 0 unspecified atom stereocenters. The first kappa shape index (κ1) is 44.8. The Morgan fingerprint density at radius 3 is 0.884 bits per heavy atom. The van der Waals surface area contributed by atoms with E-state index >= 15 is 0 Å². The summed E-state index contributed by atoms with van der Waals surface area (Å²) in [5.41, 5.74) is 0. The summed E-state index contributed by atoms with van der Waals surface area (Å²) in [6, 6.07) is 0. The van der Waals surface area contributed by atoms with Crippen molar-refractivity contribution in [1.29, 1.82) is 0 Å². The van der Waals surface area contributed by atoms with E-state index in [1.807, 2.05) is 0 Å². The maximum atomic E-state index is 10.4. The van der Waals surface area contributed by atoms with Gasteiger partial charge in [-0.2, -0.15) is 8.42 Å². The van der Waals surface area contributed by atoms with Crippen LogP contribution in [0.4, 0.5) is 0 Å². The lowest BCUT2D eigenvalue weighted by Gasteiger charge is -2.17. The first-order chi connectivity index (χ1) is 20.9. The Labute approximate surface area is 267 Å². The monoisotopic (exact) mass is 640 g/mol. The van der Waals surface area contributed by atoms with E-state index in [0.29, 0.717) is 26.1 Å². The van der Waals surface area contributed by atoms with Crippen LogP contribution in [0.1, 0.15) is 174 Å². The van der Waals surface area contributed by atoms with Gasteiger partial charge in [0, 0.05) is 19.6 Å². The molecule has 0 heterocycles. The SMILES string of the molecule is CCCCCCCCCCCCCCCCCCCCCCCCCCCCOS(=O)(=O)O.OCCN(CCO)CCO. The molecule has 0 saturated heterocycles. The molecule has 0 aromatic heterocycles. The molecule has 0 atom stereocenters. The van der Waals surface area contributed by atoms with Crippen molar-refractivity contribution in [3.63, 3.8) is 0 Å². The first-order valence-electron chi connectivity index (χ1n) is 18.1. The third-order valence-corrected chi connectivity index (χ3v) is 8.44. The molecular weight excluding hydrogens is 566 g/mol. The van der Waals surface area contributed by atoms with Crippen LogP contribution in [0.15, 0.2) is 0 Å². The highest BCUT2D eigenvalue weighted by Crippen LogP contribution is 2.16. The average molecular weight is 640 g/mol. The van der Waals surface area contributed by atoms with Gasteiger partial charge in [-0.3, -0.25) is 9.45 Å². The Hall–Kier alpha value is -0.290. The van der Waals surface area contributed by atoms with E-state index in [4.69, 9.17) is 19.9 Å². The molecule has 4 N–H and O–H groups in total. The molecule has 0 bridgehead atoms. The summed E-state index contributed by atoms with van der Waals surface area (Å²) in [5, 5.41) is 25.5. The minimum absolute atomic E-state index is 0.0694. The van der Waals surface area contributed by atoms with Crippen LogP contribution < -0.4 is 0 Å². The second-order valence-electron chi connectivity index (χ2n) is 12.1. The summed E-state index contributed by atoms with van der Waals surface area (Å²) < 4.78 is 33.6. The fourth-order valence-corrected chi connectivity index (χ4v) is 5.67. The molecule has 0 saturated carbocycles. The highest BCUT2D eigenvalue weighted by molar-refractivity contribution is 7.80. The van der Waals surface area contributed by atoms with Crippen molar-refractivity contribution in [3.05, 3.63) is 0 Å². The van der Waals surface area contributed by atoms with Gasteiger partial charge >= 0.3 is 10.4 Å². The largest absolute Gasteiger partial charge is 0.397 e. The van der Waals surface area contributed by atoms with Crippen molar-refractivity contribution >= 4 is 10.4 Å². The summed E-state index contributed by atoms with van der Waals surface area (Å²) in [7, 11) is -4.25. The third-order valence-electron chi connectivity index (χ3n) is 7.98. The Morgan fingerprint density at radius 2 is 0.674 bits per heavy atom. The highest BCUT2D eigenvalue weighted by atomic mass is 32.3. The lowest BCUT2D eigenvalue weighted by Crippen LogP contribution is -2.32. The summed E-state index contributed by atoms with van der Waals surface area (Å²) in [4.78, 5) is 1.79. The zero-order valence-corrected chi connectivity index (χ0v) is 29.0. The van der Waals surface area contributed by atoms with Gasteiger partial charge in [0.2, 0.25) is 0 Å². The summed E-state index contributed by atoms with van der Waals surface area (Å²) >= 11 is 0. The number of hydrogen-bond donors (Lipinski definition) is 4. The van der Waals surface area contributed by atoms with Gasteiger partial charge in [0.1, 0.15) is 0 Å². The van der Waals surface area contributed by atoms with Crippen LogP contribution in [0.3, 0.4) is 0 Å². The van der Waals surface area contributed by atoms with Crippen LogP contribution in [0.2, 0.25) is 0 Å². The molecule has 43 heavy (non-hydrogen) atoms. The second-order valence-corrected chi connectivity index (χ2v) is 13.2. The van der Waals surface area contributed by atoms with E-state index in [0.717, 1.165) is 12.8 Å². The molecule has 0 aromatic rings. The topological polar surface area (TPSA) is 128 Å². The summed E-state index contributed by atoms with van der Waals surface area (Å²) in [6.07, 6.45) is 35.2. The molecule has 0 rings (SSSR count). The van der Waals surface area contributed by atoms with E-state index < -0.39 is 10.4 Å². The molecule has 0 aliphatic rings. The number of unbranched alkanes of at least 4 members (excludes halogenated alkanes) is 25. The van der Waals surface area contributed by atoms with Gasteiger partial charge < -0.3 is 15.3 Å². The van der Waals surface area contributed by atoms with E-state index in [1.54, 1.807) is 4.90 Å². The molecule has 0 spiro atoms. The predicted octanol–water partition coefficient (Wildman–Crippen LogP) is 8.23. The van der Waals surface area contributed by atoms with Crippen LogP contribution in [-0.4, -0.2) is 79.3 Å². The lowest BCUT2D eigenvalue weighted by atomic mass is 10.0. The van der Waals surface area contributed by atoms with Gasteiger partial charge in [-0.1, -0.05) is 167 Å². The molecule has 0 aliphatic heterocycles. The van der Waals surface area contributed by atoms with Gasteiger partial charge in [0.15, 0.2) is 0 Å². The number of hydrogen-bond acceptors (Lipinski definition) is 7. The van der Waals surface area contributed by atoms with Crippen LogP contribution in [-0.2, 0) is 14.6 Å². The minimum atomic E-state index is -4.25. The van der Waals surface area contributed by atoms with Crippen molar-refractivity contribution in [2.75, 3.05) is 46.1 Å². The molecule has 8 nitrogen and oxygen atoms in total. The normalized spacial score (nSPS) is 11.7. The number of aliphatic hydroxyl groups is 3. The van der Waals surface area contributed by atoms with Crippen molar-refractivity contribution in [3.8, 4) is 0 Å². The van der Waals surface area contributed by atoms with Crippen LogP contribution in [0, 0.1) is 0 Å². The van der Waals surface area contributed by atoms with Crippen molar-refractivity contribution in [2.24, 2.45) is 0 Å². The summed E-state index contributed by atoms with van der Waals surface area (Å²) in [6.45, 7) is 4.14. The van der Waals surface area contributed by atoms with Crippen molar-refractivity contribution < 1.29 is 32.5 Å². The smallest absolute Gasteiger partial charge is 0.395 e. The summed E-state index contributed by atoms with van der Waals surface area (Å²) in [5.74, 6) is 0. The van der Waals surface area contributed by atoms with Crippen molar-refractivity contribution in [1.82, 2.24) is 4.90 Å². The number of nitrogens with zero attached hydrogens (tertiary/aromatic N) is 1. The maximum absolute atomic E-state index is 10.4. The second kappa shape index (κ2) is 37.9. The Bertz CT molecular complexity index is 593. The molecule has 0 radical (unpaired) electrons. The Morgan fingerprint density at radius 1 is 0.442 bits per heavy atom. The molecule has 0 fully saturated rings. The van der Waals surface area contributed by atoms with E-state index in [1.165, 1.54) is 148 Å². The van der Waals surface area contributed by atoms with E-state index in [-0.39, 0.29) is 26.4 Å². The predicted molar refractivity (Wildman–Crippen MR) is 181 cm³/mol. The van der Waals surface area contributed by atoms with E-state index in [2.05, 4.69) is 11.1 Å². The third kappa shape index (κ3) is 43.9. The molecule has 0 amide bonds. The lowest BCUT2D eigenvalue weighted by molar-refractivity contribution is 0.136. The van der Waals surface area contributed by atoms with Gasteiger partial charge in [0.05, 0.1) is 26.4 Å². The van der Waals surface area contributed by atoms with Crippen molar-refractivity contribution in [2.45, 2.75) is 174 Å². The van der Waals surface area contributed by atoms with Gasteiger partial charge in [-0.15, -0.1) is 0 Å². The Balaban J connectivity index is 0. The zero-order valence-electron chi connectivity index (χ0n) is 28.2. The van der Waals surface area contributed by atoms with Gasteiger partial charge in [-0.25, -0.2) is 4.18 Å². The maximum Gasteiger partial charge on any atom is 0.397 e. The van der Waals surface area contributed by atoms with Gasteiger partial charge in [0.25, 0.3) is 0 Å². The fraction of sp³-hybridized carbons (Fsp3) is 1.00. The molecule has 0 aromatic carbocycles. The Kier molecular flexibility index (Phi) is 39.5. The highest BCUT2D eigenvalue weighted by Gasteiger charge is 2.03. The standard InChI is InChI=1S/C28H58O4S.C6H15NO3/c1-2-3-4-5-6-7-8-9-10-11-12-13-14-15-16-17-18-19-20-21-22-23-24-25-26-27-28-32-33(29,30)31;8-4-1-7(2-5-9)3-6-10/h2-28H2,1H3,(H,29,30,31);8-10H,1-6H2. The quantitative estimate of drug-likeness (QED) is 0.0410. The number of rotatable bonds is 34. The molecule has 0 aliphatic carbocycles. The van der Waals surface area contributed by atoms with Crippen LogP contribution >= 0.6 is 0 Å². The first-order valence-corrected chi connectivity index (χ1v) is 19.4. The molecular formula is C34H73NO7S. The van der Waals surface area contributed by atoms with E-state index in [9.17, 15) is 8.42 Å². The molecule has 9 heteroatoms. The van der Waals surface area contributed by atoms with Crippen LogP contribution in [0.25, 0.3) is 0 Å². The number of aliphatic hydroxyl groups excluding tert-OH is 3. The van der Waals surface area contributed by atoms with Gasteiger partial charge in [-0.05, 0) is 6.42 Å².